The number of amides is 1. The zero-order valence-corrected chi connectivity index (χ0v) is 11.8. The van der Waals surface area contributed by atoms with Crippen LogP contribution in [-0.2, 0) is 9.53 Å². The lowest BCUT2D eigenvalue weighted by atomic mass is 10.2. The van der Waals surface area contributed by atoms with Crippen LogP contribution in [0.4, 0.5) is 5.69 Å². The fourth-order valence-corrected chi connectivity index (χ4v) is 1.56. The molecule has 0 aliphatic carbocycles. The molecule has 2 N–H and O–H groups in total. The lowest BCUT2D eigenvalue weighted by molar-refractivity contribution is -0.138. The Hall–Kier alpha value is -2.15. The quantitative estimate of drug-likeness (QED) is 0.764. The summed E-state index contributed by atoms with van der Waals surface area (Å²) in [5, 5.41) is 12.0. The van der Waals surface area contributed by atoms with Crippen molar-refractivity contribution >= 4 is 17.6 Å². The molecule has 110 valence electrons. The van der Waals surface area contributed by atoms with E-state index in [2.05, 4.69) is 10.3 Å². The number of anilines is 1. The van der Waals surface area contributed by atoms with Gasteiger partial charge in [0.1, 0.15) is 11.7 Å². The number of carboxylic acid groups (broad SMARTS) is 1. The van der Waals surface area contributed by atoms with Crippen LogP contribution in [0.3, 0.4) is 0 Å². The van der Waals surface area contributed by atoms with Crippen LogP contribution in [0.15, 0.2) is 18.3 Å². The Morgan fingerprint density at radius 3 is 2.75 bits per heavy atom. The van der Waals surface area contributed by atoms with E-state index in [1.807, 2.05) is 0 Å². The number of ether oxygens (including phenoxy) is 1. The van der Waals surface area contributed by atoms with Gasteiger partial charge in [-0.3, -0.25) is 9.78 Å². The second-order valence-corrected chi connectivity index (χ2v) is 4.45. The van der Waals surface area contributed by atoms with Crippen molar-refractivity contribution in [1.82, 2.24) is 9.88 Å². The van der Waals surface area contributed by atoms with Crippen LogP contribution in [0.5, 0.6) is 0 Å². The Kier molecular flexibility index (Phi) is 5.92. The Labute approximate surface area is 117 Å². The van der Waals surface area contributed by atoms with Crippen molar-refractivity contribution in [2.75, 3.05) is 33.1 Å². The first-order chi connectivity index (χ1) is 9.45. The van der Waals surface area contributed by atoms with Crippen molar-refractivity contribution in [1.29, 1.82) is 0 Å². The summed E-state index contributed by atoms with van der Waals surface area (Å²) >= 11 is 0. The van der Waals surface area contributed by atoms with Gasteiger partial charge in [-0.1, -0.05) is 0 Å². The highest BCUT2D eigenvalue weighted by Crippen LogP contribution is 2.12. The summed E-state index contributed by atoms with van der Waals surface area (Å²) in [6, 6.07) is 2.37. The molecule has 0 spiro atoms. The molecule has 20 heavy (non-hydrogen) atoms. The number of hydrogen-bond donors (Lipinski definition) is 2. The zero-order chi connectivity index (χ0) is 15.1. The number of aromatic nitrogens is 1. The van der Waals surface area contributed by atoms with Crippen LogP contribution in [0.1, 0.15) is 16.9 Å². The van der Waals surface area contributed by atoms with Crippen molar-refractivity contribution in [3.05, 3.63) is 24.0 Å². The molecule has 0 aliphatic rings. The Morgan fingerprint density at radius 1 is 1.50 bits per heavy atom. The number of methoxy groups -OCH3 is 1. The molecule has 0 fully saturated rings. The molecule has 0 radical (unpaired) electrons. The smallest absolute Gasteiger partial charge is 0.326 e. The molecule has 7 heteroatoms. The van der Waals surface area contributed by atoms with Gasteiger partial charge in [-0.25, -0.2) is 4.79 Å². The maximum atomic E-state index is 11.8. The maximum absolute atomic E-state index is 11.8. The third-order valence-electron chi connectivity index (χ3n) is 2.63. The Morgan fingerprint density at radius 2 is 2.20 bits per heavy atom. The van der Waals surface area contributed by atoms with Gasteiger partial charge in [0.15, 0.2) is 0 Å². The molecule has 1 unspecified atom stereocenters. The van der Waals surface area contributed by atoms with E-state index < -0.39 is 12.0 Å². The third kappa shape index (κ3) is 4.51. The summed E-state index contributed by atoms with van der Waals surface area (Å²) in [5.41, 5.74) is 0.796. The predicted molar refractivity (Wildman–Crippen MR) is 73.8 cm³/mol. The number of carbonyl (C=O) groups excluding carboxylic acids is 1. The molecule has 0 aliphatic heterocycles. The topological polar surface area (TPSA) is 91.8 Å². The number of carbonyl (C=O) groups is 2. The van der Waals surface area contributed by atoms with Crippen molar-refractivity contribution in [3.63, 3.8) is 0 Å². The van der Waals surface area contributed by atoms with E-state index in [4.69, 9.17) is 9.84 Å². The molecule has 1 aromatic rings. The van der Waals surface area contributed by atoms with Gasteiger partial charge in [0, 0.05) is 46.1 Å². The molecule has 1 heterocycles. The van der Waals surface area contributed by atoms with Gasteiger partial charge in [0.05, 0.1) is 0 Å². The first-order valence-electron chi connectivity index (χ1n) is 6.11. The number of rotatable bonds is 7. The number of carboxylic acids is 1. The predicted octanol–water partition coefficient (Wildman–Crippen LogP) is 0.685. The largest absolute Gasteiger partial charge is 0.480 e. The second-order valence-electron chi connectivity index (χ2n) is 4.45. The summed E-state index contributed by atoms with van der Waals surface area (Å²) in [6.45, 7) is 0.332. The van der Waals surface area contributed by atoms with Crippen LogP contribution >= 0.6 is 0 Å². The fourth-order valence-electron chi connectivity index (χ4n) is 1.56. The van der Waals surface area contributed by atoms with Gasteiger partial charge >= 0.3 is 5.97 Å². The highest BCUT2D eigenvalue weighted by Gasteiger charge is 2.18. The molecule has 0 aromatic carbocycles. The standard InChI is InChI=1S/C13H19N3O4/c1-16(2)12(17)11-8-9(4-6-14-11)15-10(13(18)19)5-7-20-3/h4,6,8,10H,5,7H2,1-3H3,(H,14,15)(H,18,19). The SMILES string of the molecule is COCCC(Nc1ccnc(C(=O)N(C)C)c1)C(=O)O. The molecular weight excluding hydrogens is 262 g/mol. The second kappa shape index (κ2) is 7.44. The lowest BCUT2D eigenvalue weighted by Gasteiger charge is -2.16. The zero-order valence-electron chi connectivity index (χ0n) is 11.8. The van der Waals surface area contributed by atoms with Crippen molar-refractivity contribution in [2.45, 2.75) is 12.5 Å². The Bertz CT molecular complexity index is 476. The average Bonchev–Trinajstić information content (AvgIpc) is 2.42. The van der Waals surface area contributed by atoms with Crippen LogP contribution in [0, 0.1) is 0 Å². The lowest BCUT2D eigenvalue weighted by Crippen LogP contribution is -2.30. The third-order valence-corrected chi connectivity index (χ3v) is 2.63. The van der Waals surface area contributed by atoms with Crippen LogP contribution < -0.4 is 5.32 Å². The van der Waals surface area contributed by atoms with Crippen molar-refractivity contribution in [3.8, 4) is 0 Å². The molecular formula is C13H19N3O4. The monoisotopic (exact) mass is 281 g/mol. The summed E-state index contributed by atoms with van der Waals surface area (Å²) < 4.78 is 4.88. The molecule has 1 atom stereocenters. The molecule has 1 amide bonds. The van der Waals surface area contributed by atoms with E-state index in [9.17, 15) is 9.59 Å². The van der Waals surface area contributed by atoms with Crippen LogP contribution in [-0.4, -0.2) is 60.7 Å². The molecule has 1 aromatic heterocycles. The van der Waals surface area contributed by atoms with E-state index in [0.29, 0.717) is 18.7 Å². The molecule has 7 nitrogen and oxygen atoms in total. The van der Waals surface area contributed by atoms with E-state index in [-0.39, 0.29) is 11.6 Å². The highest BCUT2D eigenvalue weighted by atomic mass is 16.5. The molecule has 1 rings (SSSR count). The molecule has 0 bridgehead atoms. The maximum Gasteiger partial charge on any atom is 0.326 e. The minimum Gasteiger partial charge on any atom is -0.480 e. The van der Waals surface area contributed by atoms with E-state index in [1.165, 1.54) is 24.3 Å². The minimum atomic E-state index is -0.973. The fraction of sp³-hybridized carbons (Fsp3) is 0.462. The number of hydrogen-bond acceptors (Lipinski definition) is 5. The van der Waals surface area contributed by atoms with Gasteiger partial charge < -0.3 is 20.1 Å². The average molecular weight is 281 g/mol. The Balaban J connectivity index is 2.83. The van der Waals surface area contributed by atoms with Gasteiger partial charge in [-0.15, -0.1) is 0 Å². The number of aliphatic carboxylic acids is 1. The van der Waals surface area contributed by atoms with E-state index >= 15 is 0 Å². The van der Waals surface area contributed by atoms with Gasteiger partial charge in [0.25, 0.3) is 5.91 Å². The van der Waals surface area contributed by atoms with E-state index in [0.717, 1.165) is 0 Å². The summed E-state index contributed by atoms with van der Waals surface area (Å²) in [7, 11) is 4.77. The van der Waals surface area contributed by atoms with Crippen molar-refractivity contribution < 1.29 is 19.4 Å². The number of pyridine rings is 1. The minimum absolute atomic E-state index is 0.239. The van der Waals surface area contributed by atoms with Crippen LogP contribution in [0.25, 0.3) is 0 Å². The van der Waals surface area contributed by atoms with Gasteiger partial charge in [0.2, 0.25) is 0 Å². The first kappa shape index (κ1) is 15.9. The van der Waals surface area contributed by atoms with Crippen LogP contribution in [0.2, 0.25) is 0 Å². The summed E-state index contributed by atoms with van der Waals surface area (Å²) in [6.07, 6.45) is 1.79. The van der Waals surface area contributed by atoms with Gasteiger partial charge in [-0.05, 0) is 12.1 Å². The number of nitrogens with one attached hydrogen (secondary N) is 1. The summed E-state index contributed by atoms with van der Waals surface area (Å²) in [4.78, 5) is 28.3. The van der Waals surface area contributed by atoms with E-state index in [1.54, 1.807) is 20.2 Å². The van der Waals surface area contributed by atoms with Crippen molar-refractivity contribution in [2.24, 2.45) is 0 Å². The normalized spacial score (nSPS) is 11.8. The highest BCUT2D eigenvalue weighted by molar-refractivity contribution is 5.92. The first-order valence-corrected chi connectivity index (χ1v) is 6.11. The molecule has 0 saturated heterocycles. The number of nitrogens with zero attached hydrogens (tertiary/aromatic N) is 2. The van der Waals surface area contributed by atoms with Gasteiger partial charge in [-0.2, -0.15) is 0 Å². The summed E-state index contributed by atoms with van der Waals surface area (Å²) in [5.74, 6) is -1.21. The molecule has 0 saturated carbocycles.